The van der Waals surface area contributed by atoms with Crippen molar-refractivity contribution in [2.24, 2.45) is 0 Å². The van der Waals surface area contributed by atoms with Crippen molar-refractivity contribution in [1.82, 2.24) is 9.78 Å². The molecule has 0 amide bonds. The topological polar surface area (TPSA) is 29.9 Å². The Kier molecular flexibility index (Phi) is 3.78. The van der Waals surface area contributed by atoms with Crippen molar-refractivity contribution in [2.75, 3.05) is 5.32 Å². The summed E-state index contributed by atoms with van der Waals surface area (Å²) in [6.45, 7) is 3.56. The van der Waals surface area contributed by atoms with Crippen molar-refractivity contribution in [2.45, 2.75) is 20.0 Å². The monoisotopic (exact) mass is 297 g/mol. The predicted octanol–water partition coefficient (Wildman–Crippen LogP) is 3.42. The van der Waals surface area contributed by atoms with Crippen LogP contribution in [0.15, 0.2) is 34.9 Å². The number of aromatic nitrogens is 2. The molecule has 2 rings (SSSR count). The summed E-state index contributed by atoms with van der Waals surface area (Å²) in [5.41, 5.74) is 1.98. The van der Waals surface area contributed by atoms with Crippen LogP contribution in [0.5, 0.6) is 0 Å². The highest BCUT2D eigenvalue weighted by atomic mass is 79.9. The van der Waals surface area contributed by atoms with Crippen molar-refractivity contribution in [3.8, 4) is 0 Å². The van der Waals surface area contributed by atoms with Crippen molar-refractivity contribution in [1.29, 1.82) is 0 Å². The van der Waals surface area contributed by atoms with E-state index in [9.17, 15) is 4.39 Å². The second-order valence-electron chi connectivity index (χ2n) is 3.62. The van der Waals surface area contributed by atoms with Crippen molar-refractivity contribution in [3.05, 3.63) is 46.4 Å². The average molecular weight is 298 g/mol. The molecule has 0 bridgehead atoms. The summed E-state index contributed by atoms with van der Waals surface area (Å²) < 4.78 is 15.4. The van der Waals surface area contributed by atoms with Crippen LogP contribution in [0.2, 0.25) is 0 Å². The molecule has 0 saturated heterocycles. The molecular formula is C12H13BrFN3. The zero-order valence-electron chi connectivity index (χ0n) is 9.45. The summed E-state index contributed by atoms with van der Waals surface area (Å²) in [6.07, 6.45) is 1.78. The minimum atomic E-state index is -0.255. The first-order valence-electron chi connectivity index (χ1n) is 5.40. The van der Waals surface area contributed by atoms with Crippen LogP contribution in [0.1, 0.15) is 12.6 Å². The maximum Gasteiger partial charge on any atom is 0.137 e. The predicted molar refractivity (Wildman–Crippen MR) is 69.3 cm³/mol. The Morgan fingerprint density at radius 2 is 2.24 bits per heavy atom. The molecule has 0 aliphatic rings. The van der Waals surface area contributed by atoms with E-state index in [-0.39, 0.29) is 5.82 Å². The molecule has 0 atom stereocenters. The molecule has 1 aromatic carbocycles. The molecule has 0 fully saturated rings. The normalized spacial score (nSPS) is 10.5. The summed E-state index contributed by atoms with van der Waals surface area (Å²) in [5, 5.41) is 7.42. The fourth-order valence-corrected chi connectivity index (χ4v) is 1.97. The molecule has 5 heteroatoms. The van der Waals surface area contributed by atoms with Gasteiger partial charge in [-0.1, -0.05) is 0 Å². The van der Waals surface area contributed by atoms with E-state index in [1.165, 1.54) is 6.07 Å². The lowest BCUT2D eigenvalue weighted by Gasteiger charge is -2.08. The van der Waals surface area contributed by atoms with Crippen molar-refractivity contribution >= 4 is 21.6 Å². The van der Waals surface area contributed by atoms with Gasteiger partial charge in [0.1, 0.15) is 5.82 Å². The van der Waals surface area contributed by atoms with Crippen molar-refractivity contribution < 1.29 is 4.39 Å². The molecule has 0 spiro atoms. The van der Waals surface area contributed by atoms with Crippen LogP contribution in [0.3, 0.4) is 0 Å². The minimum Gasteiger partial charge on any atom is -0.379 e. The van der Waals surface area contributed by atoms with Crippen LogP contribution in [0.25, 0.3) is 0 Å². The third-order valence-corrected chi connectivity index (χ3v) is 3.10. The van der Waals surface area contributed by atoms with Crippen LogP contribution in [0, 0.1) is 5.82 Å². The van der Waals surface area contributed by atoms with E-state index in [1.54, 1.807) is 18.3 Å². The molecule has 0 unspecified atom stereocenters. The molecule has 1 heterocycles. The third kappa shape index (κ3) is 2.85. The highest BCUT2D eigenvalue weighted by molar-refractivity contribution is 9.10. The lowest BCUT2D eigenvalue weighted by Crippen LogP contribution is -2.07. The number of aryl methyl sites for hydroxylation is 1. The van der Waals surface area contributed by atoms with Gasteiger partial charge in [-0.2, -0.15) is 5.10 Å². The minimum absolute atomic E-state index is 0.255. The lowest BCUT2D eigenvalue weighted by atomic mass is 10.3. The van der Waals surface area contributed by atoms with Gasteiger partial charge in [-0.25, -0.2) is 4.39 Å². The highest BCUT2D eigenvalue weighted by Crippen LogP contribution is 2.20. The van der Waals surface area contributed by atoms with Gasteiger partial charge in [0.25, 0.3) is 0 Å². The summed E-state index contributed by atoms with van der Waals surface area (Å²) in [5.74, 6) is -0.255. The van der Waals surface area contributed by atoms with Gasteiger partial charge in [0.15, 0.2) is 0 Å². The van der Waals surface area contributed by atoms with Crippen LogP contribution >= 0.6 is 15.9 Å². The Morgan fingerprint density at radius 1 is 1.41 bits per heavy atom. The number of benzene rings is 1. The molecule has 2 aromatic rings. The Balaban J connectivity index is 2.05. The summed E-state index contributed by atoms with van der Waals surface area (Å²) in [7, 11) is 0. The number of hydrogen-bond donors (Lipinski definition) is 1. The van der Waals surface area contributed by atoms with E-state index in [0.29, 0.717) is 11.0 Å². The molecule has 0 radical (unpaired) electrons. The largest absolute Gasteiger partial charge is 0.379 e. The first-order chi connectivity index (χ1) is 8.20. The number of rotatable bonds is 4. The van der Waals surface area contributed by atoms with E-state index >= 15 is 0 Å². The van der Waals surface area contributed by atoms with Crippen LogP contribution < -0.4 is 5.32 Å². The highest BCUT2D eigenvalue weighted by Gasteiger charge is 2.02. The van der Waals surface area contributed by atoms with E-state index in [2.05, 4.69) is 26.3 Å². The Hall–Kier alpha value is -1.36. The SMILES string of the molecule is CCn1nccc1CNc1ccc(F)c(Br)c1. The summed E-state index contributed by atoms with van der Waals surface area (Å²) in [6, 6.07) is 6.84. The Labute approximate surface area is 108 Å². The average Bonchev–Trinajstić information content (AvgIpc) is 2.78. The van der Waals surface area contributed by atoms with Gasteiger partial charge in [0.2, 0.25) is 0 Å². The molecule has 17 heavy (non-hydrogen) atoms. The van der Waals surface area contributed by atoms with Crippen LogP contribution in [-0.4, -0.2) is 9.78 Å². The van der Waals surface area contributed by atoms with Crippen LogP contribution in [0.4, 0.5) is 10.1 Å². The number of nitrogens with one attached hydrogen (secondary N) is 1. The Morgan fingerprint density at radius 3 is 2.94 bits per heavy atom. The van der Waals surface area contributed by atoms with Gasteiger partial charge in [0, 0.05) is 18.4 Å². The molecule has 0 saturated carbocycles. The molecule has 0 aliphatic carbocycles. The summed E-state index contributed by atoms with van der Waals surface area (Å²) >= 11 is 3.16. The van der Waals surface area contributed by atoms with Gasteiger partial charge >= 0.3 is 0 Å². The summed E-state index contributed by atoms with van der Waals surface area (Å²) in [4.78, 5) is 0. The second-order valence-corrected chi connectivity index (χ2v) is 4.48. The first-order valence-corrected chi connectivity index (χ1v) is 6.19. The number of halogens is 2. The second kappa shape index (κ2) is 5.31. The molecule has 0 aliphatic heterocycles. The maximum absolute atomic E-state index is 13.0. The van der Waals surface area contributed by atoms with E-state index in [0.717, 1.165) is 17.9 Å². The standard InChI is InChI=1S/C12H13BrFN3/c1-2-17-10(5-6-16-17)8-15-9-3-4-12(14)11(13)7-9/h3-7,15H,2,8H2,1H3. The number of nitrogens with zero attached hydrogens (tertiary/aromatic N) is 2. The number of hydrogen-bond acceptors (Lipinski definition) is 2. The maximum atomic E-state index is 13.0. The first kappa shape index (κ1) is 12.1. The van der Waals surface area contributed by atoms with E-state index < -0.39 is 0 Å². The zero-order chi connectivity index (χ0) is 12.3. The van der Waals surface area contributed by atoms with E-state index in [1.807, 2.05) is 17.7 Å². The van der Waals surface area contributed by atoms with Gasteiger partial charge in [0.05, 0.1) is 16.7 Å². The van der Waals surface area contributed by atoms with Crippen molar-refractivity contribution in [3.63, 3.8) is 0 Å². The Bertz CT molecular complexity index is 510. The fraction of sp³-hybridized carbons (Fsp3) is 0.250. The van der Waals surface area contributed by atoms with Gasteiger partial charge in [-0.3, -0.25) is 4.68 Å². The number of anilines is 1. The molecule has 90 valence electrons. The smallest absolute Gasteiger partial charge is 0.137 e. The fourth-order valence-electron chi connectivity index (χ4n) is 1.59. The third-order valence-electron chi connectivity index (χ3n) is 2.50. The van der Waals surface area contributed by atoms with E-state index in [4.69, 9.17) is 0 Å². The quantitative estimate of drug-likeness (QED) is 0.937. The van der Waals surface area contributed by atoms with Gasteiger partial charge in [-0.05, 0) is 47.1 Å². The molecular weight excluding hydrogens is 285 g/mol. The molecule has 3 nitrogen and oxygen atoms in total. The molecule has 1 N–H and O–H groups in total. The molecule has 1 aromatic heterocycles. The lowest BCUT2D eigenvalue weighted by molar-refractivity contribution is 0.620. The van der Waals surface area contributed by atoms with Gasteiger partial charge in [-0.15, -0.1) is 0 Å². The van der Waals surface area contributed by atoms with Crippen LogP contribution in [-0.2, 0) is 13.1 Å². The zero-order valence-corrected chi connectivity index (χ0v) is 11.0. The van der Waals surface area contributed by atoms with Gasteiger partial charge < -0.3 is 5.32 Å².